The van der Waals surface area contributed by atoms with Gasteiger partial charge in [0.15, 0.2) is 0 Å². The number of phosphoric acid groups is 2. The second kappa shape index (κ2) is 33.1. The summed E-state index contributed by atoms with van der Waals surface area (Å²) in [6.07, 6.45) is 0. The third kappa shape index (κ3) is 27.8. The topological polar surface area (TPSA) is 121 Å². The summed E-state index contributed by atoms with van der Waals surface area (Å²) in [7, 11) is -8.78. The van der Waals surface area contributed by atoms with Gasteiger partial charge >= 0.3 is 15.6 Å². The Kier molecular flexibility index (Phi) is 28.9. The molecule has 0 saturated carbocycles. The second-order valence-electron chi connectivity index (χ2n) is 44.7. The molecular formula is C98H150O9P2. The molecule has 11 heteroatoms. The van der Waals surface area contributed by atoms with E-state index in [1.807, 2.05) is 54.6 Å². The molecule has 0 aromatic heterocycles. The van der Waals surface area contributed by atoms with Gasteiger partial charge in [0, 0.05) is 27.8 Å². The largest absolute Gasteiger partial charge is 0.647 e. The molecule has 0 aliphatic heterocycles. The molecular weight excluding hydrogens is 1380 g/mol. The van der Waals surface area contributed by atoms with Gasteiger partial charge in [0.1, 0.15) is 34.5 Å². The number of aromatic hydroxyl groups is 1. The fourth-order valence-electron chi connectivity index (χ4n) is 12.1. The zero-order chi connectivity index (χ0) is 84.6. The molecule has 0 amide bonds. The summed E-state index contributed by atoms with van der Waals surface area (Å²) in [5.41, 5.74) is 14.4. The molecule has 109 heavy (non-hydrogen) atoms. The Morgan fingerprint density at radius 3 is 0.560 bits per heavy atom. The van der Waals surface area contributed by atoms with E-state index in [0.29, 0.717) is 34.5 Å². The molecule has 0 aliphatic rings. The molecule has 0 spiro atoms. The van der Waals surface area contributed by atoms with Crippen LogP contribution in [0.4, 0.5) is 0 Å². The molecule has 9 nitrogen and oxygen atoms in total. The molecule has 0 bridgehead atoms. The number of phenolic OH excluding ortho intramolecular Hbond substituents is 1. The first-order valence-electron chi connectivity index (χ1n) is 39.5. The standard InChI is InChI=1S/C42H63O4P.C28H43O4P.C14H22O.C14H22/c1-37(2,3)28-19-22-34(31(25-28)40(10,11)12)44-47(43,45-35-23-20-29(38(4,5)6)26-32(35)41(13,14)15)46-36-24-21-30(39(7,8)9)27-33(36)42(16,17)18;1-25(2,3)19-13-15-23(21(17-19)27(7,8)9)31-33(29,30)32-24-16-14-20(26(4,5)6)18-22(24)28(10,11)12;1-13(2,3)10-7-8-12(15)11(9-10)14(4,5)6;1-13(2,3)11-8-7-9-12(10-11)14(4,5)6/h19-27H,1-18H3;13-18H,1-12H3,(H,29,30);7-9,15H,1-6H3;7-10H,1-6H3. The van der Waals surface area contributed by atoms with E-state index < -0.39 is 15.6 Å². The normalized spacial score (nSPS) is 13.6. The van der Waals surface area contributed by atoms with E-state index in [4.69, 9.17) is 22.6 Å². The van der Waals surface area contributed by atoms with Crippen LogP contribution in [0.15, 0.2) is 133 Å². The molecule has 0 fully saturated rings. The van der Waals surface area contributed by atoms with Crippen molar-refractivity contribution in [2.24, 2.45) is 0 Å². The molecule has 7 rings (SSSR count). The molecule has 0 aliphatic carbocycles. The first-order valence-corrected chi connectivity index (χ1v) is 42.4. The highest BCUT2D eigenvalue weighted by Crippen LogP contribution is 2.56. The number of hydrogen-bond acceptors (Lipinski definition) is 8. The predicted molar refractivity (Wildman–Crippen MR) is 469 cm³/mol. The highest BCUT2D eigenvalue weighted by atomic mass is 31.2. The summed E-state index contributed by atoms with van der Waals surface area (Å²) in [5, 5.41) is 9.84. The van der Waals surface area contributed by atoms with E-state index in [-0.39, 0.29) is 75.8 Å². The molecule has 2 N–H and O–H groups in total. The summed E-state index contributed by atoms with van der Waals surface area (Å²) < 4.78 is 59.6. The maximum atomic E-state index is 15.3. The summed E-state index contributed by atoms with van der Waals surface area (Å²) in [5.74, 6) is 2.59. The van der Waals surface area contributed by atoms with Crippen molar-refractivity contribution < 1.29 is 41.7 Å². The van der Waals surface area contributed by atoms with E-state index in [9.17, 15) is 14.6 Å². The van der Waals surface area contributed by atoms with Crippen molar-refractivity contribution in [3.63, 3.8) is 0 Å². The molecule has 7 aromatic rings. The van der Waals surface area contributed by atoms with Crippen molar-refractivity contribution in [3.05, 3.63) is 211 Å². The minimum Gasteiger partial charge on any atom is -0.508 e. The van der Waals surface area contributed by atoms with Gasteiger partial charge in [-0.2, -0.15) is 4.57 Å². The lowest BCUT2D eigenvalue weighted by atomic mass is 9.80. The predicted octanol–water partition coefficient (Wildman–Crippen LogP) is 29.8. The molecule has 0 heterocycles. The number of hydrogen-bond donors (Lipinski definition) is 2. The van der Waals surface area contributed by atoms with Crippen molar-refractivity contribution in [1.29, 1.82) is 0 Å². The maximum absolute atomic E-state index is 15.3. The Hall–Kier alpha value is -6.24. The SMILES string of the molecule is CC(C)(C)c1ccc(O)c(C(C)(C)C)c1.CC(C)(C)c1ccc(OP(=O)(O)Oc2ccc(C(C)(C)C)cc2C(C)(C)C)c(C(C)(C)C)c1.CC(C)(C)c1ccc(OP(=O)(Oc2ccc(C(C)(C)C)cc2C(C)(C)C)Oc2ccc(C(C)(C)C)cc2C(C)(C)C)c(C(C)(C)C)c1.CC(C)(C)c1cccc(C(C)(C)C)c1. The Balaban J connectivity index is 0.000000346. The first kappa shape index (κ1) is 95.1. The van der Waals surface area contributed by atoms with Gasteiger partial charge < -0.3 is 27.7 Å². The van der Waals surface area contributed by atoms with E-state index in [0.717, 1.165) is 44.5 Å². The summed E-state index contributed by atoms with van der Waals surface area (Å²) in [6.45, 7) is 90.7. The number of rotatable bonds is 10. The van der Waals surface area contributed by atoms with E-state index in [1.54, 1.807) is 18.2 Å². The average Bonchev–Trinajstić information content (AvgIpc) is 0.776. The van der Waals surface area contributed by atoms with Gasteiger partial charge in [-0.05, 0) is 162 Å². The molecule has 0 saturated heterocycles. The van der Waals surface area contributed by atoms with E-state index >= 15 is 4.57 Å². The van der Waals surface area contributed by atoms with Crippen LogP contribution in [0.25, 0.3) is 0 Å². The Labute approximate surface area is 665 Å². The zero-order valence-corrected chi connectivity index (χ0v) is 78.1. The average molecular weight is 1530 g/mol. The fraction of sp³-hybridized carbons (Fsp3) is 0.571. The third-order valence-electron chi connectivity index (χ3n) is 19.6. The minimum atomic E-state index is -4.44. The van der Waals surface area contributed by atoms with Gasteiger partial charge in [0.25, 0.3) is 0 Å². The highest BCUT2D eigenvalue weighted by Gasteiger charge is 2.41. The Bertz CT molecular complexity index is 4020. The maximum Gasteiger partial charge on any atom is 0.647 e. The van der Waals surface area contributed by atoms with Crippen molar-refractivity contribution in [3.8, 4) is 34.5 Å². The van der Waals surface area contributed by atoms with Crippen molar-refractivity contribution in [1.82, 2.24) is 0 Å². The van der Waals surface area contributed by atoms with Gasteiger partial charge in [-0.15, -0.1) is 0 Å². The summed E-state index contributed by atoms with van der Waals surface area (Å²) >= 11 is 0. The monoisotopic (exact) mass is 1530 g/mol. The van der Waals surface area contributed by atoms with Gasteiger partial charge in [-0.3, -0.25) is 4.89 Å². The fourth-order valence-corrected chi connectivity index (χ4v) is 14.2. The van der Waals surface area contributed by atoms with E-state index in [2.05, 4.69) is 351 Å². The molecule has 0 unspecified atom stereocenters. The van der Waals surface area contributed by atoms with Crippen LogP contribution >= 0.6 is 15.6 Å². The van der Waals surface area contributed by atoms with Crippen LogP contribution < -0.4 is 22.6 Å². The lowest BCUT2D eigenvalue weighted by Crippen LogP contribution is -2.21. The molecule has 0 atom stereocenters. The van der Waals surface area contributed by atoms with Crippen molar-refractivity contribution in [2.75, 3.05) is 0 Å². The molecule has 7 aromatic carbocycles. The number of benzene rings is 7. The van der Waals surface area contributed by atoms with Gasteiger partial charge in [0.2, 0.25) is 0 Å². The van der Waals surface area contributed by atoms with E-state index in [1.165, 1.54) is 33.4 Å². The van der Waals surface area contributed by atoms with Gasteiger partial charge in [-0.25, -0.2) is 4.57 Å². The van der Waals surface area contributed by atoms with Crippen LogP contribution in [0, 0.1) is 0 Å². The summed E-state index contributed by atoms with van der Waals surface area (Å²) in [6, 6.07) is 44.8. The zero-order valence-electron chi connectivity index (χ0n) is 76.3. The second-order valence-corrected chi connectivity index (χ2v) is 47.5. The third-order valence-corrected chi connectivity index (χ3v) is 21.7. The van der Waals surface area contributed by atoms with Crippen LogP contribution in [-0.2, 0) is 84.9 Å². The van der Waals surface area contributed by atoms with Crippen LogP contribution in [0.5, 0.6) is 34.5 Å². The first-order chi connectivity index (χ1) is 48.4. The lowest BCUT2D eigenvalue weighted by Gasteiger charge is -2.31. The van der Waals surface area contributed by atoms with Gasteiger partial charge in [0.05, 0.1) is 0 Å². The van der Waals surface area contributed by atoms with Crippen LogP contribution in [0.3, 0.4) is 0 Å². The number of phenols is 1. The minimum absolute atomic E-state index is 0.00859. The van der Waals surface area contributed by atoms with Crippen LogP contribution in [-0.4, -0.2) is 10.00 Å². The Morgan fingerprint density at radius 1 is 0.211 bits per heavy atom. The number of phosphoric ester groups is 2. The van der Waals surface area contributed by atoms with Crippen molar-refractivity contribution >= 4 is 15.6 Å². The van der Waals surface area contributed by atoms with Crippen molar-refractivity contribution in [2.45, 2.75) is 367 Å². The van der Waals surface area contributed by atoms with Crippen LogP contribution in [0.2, 0.25) is 0 Å². The van der Waals surface area contributed by atoms with Gasteiger partial charge in [-0.1, -0.05) is 388 Å². The highest BCUT2D eigenvalue weighted by molar-refractivity contribution is 7.49. The lowest BCUT2D eigenvalue weighted by molar-refractivity contribution is 0.285. The summed E-state index contributed by atoms with van der Waals surface area (Å²) in [4.78, 5) is 10.8. The van der Waals surface area contributed by atoms with Crippen LogP contribution in [0.1, 0.15) is 369 Å². The smallest absolute Gasteiger partial charge is 0.508 e. The quantitative estimate of drug-likeness (QED) is 0.129. The molecule has 0 radical (unpaired) electrons. The Morgan fingerprint density at radius 2 is 0.376 bits per heavy atom. The molecule has 606 valence electrons.